The minimum Gasteiger partial charge on any atom is -0.333 e. The van der Waals surface area contributed by atoms with Gasteiger partial charge in [0, 0.05) is 28.7 Å². The Bertz CT molecular complexity index is 899. The van der Waals surface area contributed by atoms with E-state index in [1.165, 1.54) is 17.7 Å². The summed E-state index contributed by atoms with van der Waals surface area (Å²) < 4.78 is 14.1. The molecule has 0 aromatic heterocycles. The summed E-state index contributed by atoms with van der Waals surface area (Å²) in [7, 11) is 0. The van der Waals surface area contributed by atoms with E-state index in [4.69, 9.17) is 11.6 Å². The van der Waals surface area contributed by atoms with Gasteiger partial charge >= 0.3 is 0 Å². The second-order valence-electron chi connectivity index (χ2n) is 9.01. The zero-order valence-electron chi connectivity index (χ0n) is 18.2. The van der Waals surface area contributed by atoms with Crippen LogP contribution in [0.1, 0.15) is 45.2 Å². The van der Waals surface area contributed by atoms with Crippen molar-refractivity contribution in [1.82, 2.24) is 4.90 Å². The van der Waals surface area contributed by atoms with Gasteiger partial charge in [-0.15, -0.1) is 0 Å². The summed E-state index contributed by atoms with van der Waals surface area (Å²) in [6.07, 6.45) is 5.01. The number of nitrogens with zero attached hydrogens (tertiary/aromatic N) is 1. The molecule has 2 nitrogen and oxygen atoms in total. The number of hydrogen-bond donors (Lipinski definition) is 0. The van der Waals surface area contributed by atoms with Crippen LogP contribution in [0.2, 0.25) is 5.02 Å². The van der Waals surface area contributed by atoms with Crippen LogP contribution < -0.4 is 0 Å². The zero-order chi connectivity index (χ0) is 21.9. The van der Waals surface area contributed by atoms with E-state index in [2.05, 4.69) is 52.0 Å². The third-order valence-corrected chi connectivity index (χ3v) is 6.79. The normalized spacial score (nSPS) is 18.7. The Kier molecular flexibility index (Phi) is 7.02. The van der Waals surface area contributed by atoms with Gasteiger partial charge in [-0.1, -0.05) is 75.7 Å². The van der Waals surface area contributed by atoms with Gasteiger partial charge in [-0.2, -0.15) is 0 Å². The van der Waals surface area contributed by atoms with Crippen LogP contribution in [0.3, 0.4) is 0 Å². The number of amides is 1. The molecular weight excluding hydrogens is 397 g/mol. The van der Waals surface area contributed by atoms with Crippen molar-refractivity contribution in [1.29, 1.82) is 0 Å². The van der Waals surface area contributed by atoms with E-state index in [-0.39, 0.29) is 11.4 Å². The van der Waals surface area contributed by atoms with Gasteiger partial charge in [0.05, 0.1) is 0 Å². The molecule has 1 unspecified atom stereocenters. The number of carbonyl (C=O) groups is 1. The summed E-state index contributed by atoms with van der Waals surface area (Å²) in [5.41, 5.74) is 1.46. The Morgan fingerprint density at radius 3 is 2.43 bits per heavy atom. The highest BCUT2D eigenvalue weighted by Crippen LogP contribution is 2.45. The third kappa shape index (κ3) is 4.62. The highest BCUT2D eigenvalue weighted by molar-refractivity contribution is 6.30. The fourth-order valence-electron chi connectivity index (χ4n) is 5.09. The highest BCUT2D eigenvalue weighted by Gasteiger charge is 2.50. The van der Waals surface area contributed by atoms with E-state index in [0.29, 0.717) is 28.3 Å². The lowest BCUT2D eigenvalue weighted by Crippen LogP contribution is -2.54. The molecule has 30 heavy (non-hydrogen) atoms. The molecule has 0 spiro atoms. The second kappa shape index (κ2) is 9.34. The molecule has 0 aliphatic carbocycles. The molecule has 0 radical (unpaired) electrons. The number of hydrogen-bond acceptors (Lipinski definition) is 1. The average molecular weight is 428 g/mol. The maximum atomic E-state index is 14.1. The first-order valence-corrected chi connectivity index (χ1v) is 11.1. The average Bonchev–Trinajstić information content (AvgIpc) is 3.09. The fraction of sp³-hybridized carbons (Fsp3) is 0.423. The molecule has 0 saturated carbocycles. The molecule has 3 rings (SSSR count). The standard InChI is InChI=1S/C26H31ClFNO/c1-18(2)26(19(3)4)16-21(14-20-8-6-5-7-9-20)17-29(26)25(30)13-11-22-10-12-23(27)15-24(22)28/h5-13,15,18-19,21H,14,16-17H2,1-4H3/b13-11+. The van der Waals surface area contributed by atoms with Crippen LogP contribution in [0.5, 0.6) is 0 Å². The lowest BCUT2D eigenvalue weighted by Gasteiger charge is -2.45. The molecular formula is C26H31ClFNO. The minimum absolute atomic E-state index is 0.0534. The van der Waals surface area contributed by atoms with Gasteiger partial charge in [0.1, 0.15) is 5.82 Å². The molecule has 4 heteroatoms. The summed E-state index contributed by atoms with van der Waals surface area (Å²) in [6, 6.07) is 15.0. The van der Waals surface area contributed by atoms with E-state index in [0.717, 1.165) is 19.4 Å². The largest absolute Gasteiger partial charge is 0.333 e. The highest BCUT2D eigenvalue weighted by atomic mass is 35.5. The molecule has 1 saturated heterocycles. The molecule has 0 N–H and O–H groups in total. The van der Waals surface area contributed by atoms with E-state index in [9.17, 15) is 9.18 Å². The number of halogens is 2. The van der Waals surface area contributed by atoms with Crippen molar-refractivity contribution in [3.05, 3.63) is 76.6 Å². The Hall–Kier alpha value is -2.13. The van der Waals surface area contributed by atoms with Gasteiger partial charge < -0.3 is 4.90 Å². The lowest BCUT2D eigenvalue weighted by molar-refractivity contribution is -0.133. The first-order valence-electron chi connectivity index (χ1n) is 10.7. The van der Waals surface area contributed by atoms with E-state index < -0.39 is 5.82 Å². The third-order valence-electron chi connectivity index (χ3n) is 6.56. The van der Waals surface area contributed by atoms with Crippen LogP contribution in [-0.4, -0.2) is 22.9 Å². The number of likely N-dealkylation sites (tertiary alicyclic amines) is 1. The van der Waals surface area contributed by atoms with Crippen LogP contribution >= 0.6 is 11.6 Å². The van der Waals surface area contributed by atoms with Crippen LogP contribution in [-0.2, 0) is 11.2 Å². The predicted molar refractivity (Wildman–Crippen MR) is 123 cm³/mol. The van der Waals surface area contributed by atoms with Crippen molar-refractivity contribution in [3.63, 3.8) is 0 Å². The van der Waals surface area contributed by atoms with Crippen LogP contribution in [0.15, 0.2) is 54.6 Å². The molecule has 1 aliphatic rings. The molecule has 0 bridgehead atoms. The quantitative estimate of drug-likeness (QED) is 0.473. The van der Waals surface area contributed by atoms with Crippen molar-refractivity contribution >= 4 is 23.6 Å². The van der Waals surface area contributed by atoms with Crippen LogP contribution in [0.4, 0.5) is 4.39 Å². The molecule has 1 heterocycles. The van der Waals surface area contributed by atoms with Gasteiger partial charge in [0.2, 0.25) is 5.91 Å². The summed E-state index contributed by atoms with van der Waals surface area (Å²) in [4.78, 5) is 15.4. The predicted octanol–water partition coefficient (Wildman–Crippen LogP) is 6.63. The van der Waals surface area contributed by atoms with Crippen LogP contribution in [0, 0.1) is 23.6 Å². The summed E-state index contributed by atoms with van der Waals surface area (Å²) >= 11 is 5.83. The molecule has 2 aromatic rings. The molecule has 1 amide bonds. The van der Waals surface area contributed by atoms with Gasteiger partial charge in [-0.05, 0) is 54.4 Å². The van der Waals surface area contributed by atoms with Crippen molar-refractivity contribution in [2.75, 3.05) is 6.54 Å². The molecule has 1 atom stereocenters. The van der Waals surface area contributed by atoms with E-state index in [1.54, 1.807) is 18.2 Å². The van der Waals surface area contributed by atoms with Gasteiger partial charge in [0.25, 0.3) is 0 Å². The van der Waals surface area contributed by atoms with Crippen molar-refractivity contribution < 1.29 is 9.18 Å². The maximum absolute atomic E-state index is 14.1. The Balaban J connectivity index is 1.86. The number of benzene rings is 2. The zero-order valence-corrected chi connectivity index (χ0v) is 19.0. The first kappa shape index (κ1) is 22.6. The molecule has 1 aliphatic heterocycles. The summed E-state index contributed by atoms with van der Waals surface area (Å²) in [5.74, 6) is 0.573. The topological polar surface area (TPSA) is 20.3 Å². The number of rotatable bonds is 6. The van der Waals surface area contributed by atoms with Crippen LogP contribution in [0.25, 0.3) is 6.08 Å². The first-order chi connectivity index (χ1) is 14.2. The number of carbonyl (C=O) groups excluding carboxylic acids is 1. The molecule has 1 fully saturated rings. The maximum Gasteiger partial charge on any atom is 0.247 e. The monoisotopic (exact) mass is 427 g/mol. The van der Waals surface area contributed by atoms with E-state index in [1.807, 2.05) is 11.0 Å². The Morgan fingerprint density at radius 2 is 1.83 bits per heavy atom. The summed E-state index contributed by atoms with van der Waals surface area (Å²) in [5, 5.41) is 0.345. The summed E-state index contributed by atoms with van der Waals surface area (Å²) in [6.45, 7) is 9.53. The van der Waals surface area contributed by atoms with Gasteiger partial charge in [-0.3, -0.25) is 4.79 Å². The van der Waals surface area contributed by atoms with Gasteiger partial charge in [-0.25, -0.2) is 4.39 Å². The Labute approximate surface area is 184 Å². The minimum atomic E-state index is -0.422. The Morgan fingerprint density at radius 1 is 1.17 bits per heavy atom. The fourth-order valence-corrected chi connectivity index (χ4v) is 5.25. The smallest absolute Gasteiger partial charge is 0.247 e. The SMILES string of the molecule is CC(C)C1(C(C)C)CC(Cc2ccccc2)CN1C(=O)/C=C/c1ccc(Cl)cc1F. The van der Waals surface area contributed by atoms with E-state index >= 15 is 0 Å². The molecule has 2 aromatic carbocycles. The molecule has 160 valence electrons. The van der Waals surface area contributed by atoms with Gasteiger partial charge in [0.15, 0.2) is 0 Å². The van der Waals surface area contributed by atoms with Crippen molar-refractivity contribution in [2.45, 2.75) is 46.1 Å². The second-order valence-corrected chi connectivity index (χ2v) is 9.44. The van der Waals surface area contributed by atoms with Crippen molar-refractivity contribution in [2.24, 2.45) is 17.8 Å². The van der Waals surface area contributed by atoms with Crippen molar-refractivity contribution in [3.8, 4) is 0 Å². The lowest BCUT2D eigenvalue weighted by atomic mass is 9.73.